The summed E-state index contributed by atoms with van der Waals surface area (Å²) in [6, 6.07) is 14.7. The molecule has 1 spiro atoms. The van der Waals surface area contributed by atoms with Crippen LogP contribution >= 0.6 is 0 Å². The number of H-pyrrole nitrogens is 1. The van der Waals surface area contributed by atoms with Gasteiger partial charge < -0.3 is 15.8 Å². The van der Waals surface area contributed by atoms with E-state index >= 15 is 0 Å². The molecule has 8 heteroatoms. The number of para-hydroxylation sites is 1. The second-order valence-electron chi connectivity index (χ2n) is 6.20. The fraction of sp³-hybridized carbons (Fsp3) is 0.0526. The lowest BCUT2D eigenvalue weighted by atomic mass is 9.69. The average molecular weight is 356 g/mol. The van der Waals surface area contributed by atoms with Crippen molar-refractivity contribution in [2.75, 3.05) is 5.32 Å². The summed E-state index contributed by atoms with van der Waals surface area (Å²) < 4.78 is 5.57. The van der Waals surface area contributed by atoms with E-state index in [1.807, 2.05) is 18.2 Å². The quantitative estimate of drug-likeness (QED) is 0.609. The first-order valence-electron chi connectivity index (χ1n) is 8.17. The van der Waals surface area contributed by atoms with Gasteiger partial charge in [0.15, 0.2) is 0 Å². The fourth-order valence-corrected chi connectivity index (χ4v) is 3.80. The molecule has 8 nitrogen and oxygen atoms in total. The lowest BCUT2D eigenvalue weighted by molar-refractivity contribution is -0.118. The summed E-state index contributed by atoms with van der Waals surface area (Å²) in [6.07, 6.45) is 1.64. The van der Waals surface area contributed by atoms with E-state index in [9.17, 15) is 10.1 Å². The Morgan fingerprint density at radius 2 is 2.00 bits per heavy atom. The maximum atomic E-state index is 13.3. The number of nitrogens with one attached hydrogen (secondary N) is 2. The number of carbonyl (C=O) groups is 1. The summed E-state index contributed by atoms with van der Waals surface area (Å²) in [5, 5.41) is 19.8. The maximum Gasteiger partial charge on any atom is 0.245 e. The number of aromatic amines is 1. The normalized spacial score (nSPS) is 19.9. The van der Waals surface area contributed by atoms with Crippen LogP contribution in [0.4, 0.5) is 5.69 Å². The molecule has 0 fully saturated rings. The highest BCUT2D eigenvalue weighted by Gasteiger charge is 2.58. The number of anilines is 1. The van der Waals surface area contributed by atoms with E-state index in [0.29, 0.717) is 28.2 Å². The number of fused-ring (bicyclic) bond motifs is 4. The number of pyridine rings is 1. The number of benzene rings is 1. The van der Waals surface area contributed by atoms with Crippen molar-refractivity contribution in [1.82, 2.24) is 15.2 Å². The molecule has 3 aromatic rings. The van der Waals surface area contributed by atoms with Crippen LogP contribution in [-0.2, 0) is 10.2 Å². The average Bonchev–Trinajstić information content (AvgIpc) is 3.23. The number of aromatic nitrogens is 3. The van der Waals surface area contributed by atoms with E-state index in [1.54, 1.807) is 30.5 Å². The van der Waals surface area contributed by atoms with Crippen LogP contribution in [0.15, 0.2) is 60.1 Å². The SMILES string of the molecule is N#CC1=C(N)Oc2n[nH]c(-c3ccccn3)c2C12C(=O)Nc1ccccc12. The number of hydrogen-bond acceptors (Lipinski definition) is 6. The van der Waals surface area contributed by atoms with Crippen molar-refractivity contribution in [2.24, 2.45) is 5.73 Å². The smallest absolute Gasteiger partial charge is 0.245 e. The van der Waals surface area contributed by atoms with Gasteiger partial charge in [-0.1, -0.05) is 24.3 Å². The minimum atomic E-state index is -1.46. The lowest BCUT2D eigenvalue weighted by Gasteiger charge is -2.31. The molecule has 2 aromatic heterocycles. The number of hydrogen-bond donors (Lipinski definition) is 3. The van der Waals surface area contributed by atoms with E-state index in [2.05, 4.69) is 26.6 Å². The Bertz CT molecular complexity index is 1170. The van der Waals surface area contributed by atoms with Crippen molar-refractivity contribution in [2.45, 2.75) is 5.41 Å². The molecule has 1 unspecified atom stereocenters. The van der Waals surface area contributed by atoms with Crippen LogP contribution in [0.5, 0.6) is 5.88 Å². The molecule has 1 aromatic carbocycles. The van der Waals surface area contributed by atoms with Crippen LogP contribution in [0.2, 0.25) is 0 Å². The number of nitriles is 1. The first-order chi connectivity index (χ1) is 13.2. The Morgan fingerprint density at radius 3 is 2.78 bits per heavy atom. The topological polar surface area (TPSA) is 130 Å². The molecule has 0 bridgehead atoms. The van der Waals surface area contributed by atoms with Gasteiger partial charge in [-0.3, -0.25) is 14.9 Å². The molecule has 1 amide bonds. The third-order valence-electron chi connectivity index (χ3n) is 4.89. The monoisotopic (exact) mass is 356 g/mol. The molecule has 0 radical (unpaired) electrons. The first-order valence-corrected chi connectivity index (χ1v) is 8.17. The minimum Gasteiger partial charge on any atom is -0.420 e. The van der Waals surface area contributed by atoms with Gasteiger partial charge in [0.2, 0.25) is 17.7 Å². The van der Waals surface area contributed by atoms with Crippen LogP contribution in [0.3, 0.4) is 0 Å². The summed E-state index contributed by atoms with van der Waals surface area (Å²) >= 11 is 0. The minimum absolute atomic E-state index is 0.0241. The highest BCUT2D eigenvalue weighted by atomic mass is 16.5. The number of nitrogens with zero attached hydrogens (tertiary/aromatic N) is 3. The first kappa shape index (κ1) is 15.2. The number of amides is 1. The zero-order valence-electron chi connectivity index (χ0n) is 13.9. The highest BCUT2D eigenvalue weighted by molar-refractivity contribution is 6.13. The van der Waals surface area contributed by atoms with E-state index in [1.165, 1.54) is 0 Å². The van der Waals surface area contributed by atoms with Crippen molar-refractivity contribution < 1.29 is 9.53 Å². The number of carbonyl (C=O) groups excluding carboxylic acids is 1. The van der Waals surface area contributed by atoms with Gasteiger partial charge in [-0.25, -0.2) is 0 Å². The van der Waals surface area contributed by atoms with E-state index < -0.39 is 5.41 Å². The molecule has 0 aliphatic carbocycles. The Labute approximate surface area is 153 Å². The second-order valence-corrected chi connectivity index (χ2v) is 6.20. The van der Waals surface area contributed by atoms with Gasteiger partial charge in [-0.05, 0) is 18.2 Å². The largest absolute Gasteiger partial charge is 0.420 e. The van der Waals surface area contributed by atoms with Crippen LogP contribution in [0.25, 0.3) is 11.4 Å². The number of rotatable bonds is 1. The number of nitrogens with two attached hydrogens (primary N) is 1. The van der Waals surface area contributed by atoms with Gasteiger partial charge in [0, 0.05) is 17.4 Å². The Balaban J connectivity index is 1.92. The van der Waals surface area contributed by atoms with Crippen LogP contribution in [0, 0.1) is 11.3 Å². The fourth-order valence-electron chi connectivity index (χ4n) is 3.80. The highest BCUT2D eigenvalue weighted by Crippen LogP contribution is 2.54. The second kappa shape index (κ2) is 5.19. The van der Waals surface area contributed by atoms with Crippen molar-refractivity contribution in [3.8, 4) is 23.3 Å². The summed E-state index contributed by atoms with van der Waals surface area (Å²) in [6.45, 7) is 0. The third kappa shape index (κ3) is 1.77. The lowest BCUT2D eigenvalue weighted by Crippen LogP contribution is -2.42. The Hall–Kier alpha value is -4.12. The van der Waals surface area contributed by atoms with Crippen LogP contribution < -0.4 is 15.8 Å². The summed E-state index contributed by atoms with van der Waals surface area (Å²) in [7, 11) is 0. The van der Waals surface area contributed by atoms with E-state index in [-0.39, 0.29) is 23.2 Å². The van der Waals surface area contributed by atoms with Crippen molar-refractivity contribution >= 4 is 11.6 Å². The van der Waals surface area contributed by atoms with Crippen LogP contribution in [0.1, 0.15) is 11.1 Å². The molecule has 27 heavy (non-hydrogen) atoms. The molecule has 4 N–H and O–H groups in total. The predicted molar refractivity (Wildman–Crippen MR) is 95.1 cm³/mol. The molecule has 5 rings (SSSR count). The van der Waals surface area contributed by atoms with Crippen LogP contribution in [-0.4, -0.2) is 21.1 Å². The van der Waals surface area contributed by atoms with Gasteiger partial charge in [0.05, 0.1) is 17.0 Å². The molecule has 4 heterocycles. The molecular weight excluding hydrogens is 344 g/mol. The Kier molecular flexibility index (Phi) is 2.91. The van der Waals surface area contributed by atoms with Gasteiger partial charge >= 0.3 is 0 Å². The summed E-state index contributed by atoms with van der Waals surface area (Å²) in [4.78, 5) is 17.6. The van der Waals surface area contributed by atoms with Gasteiger partial charge in [0.25, 0.3) is 0 Å². The van der Waals surface area contributed by atoms with Gasteiger partial charge in [-0.15, -0.1) is 5.10 Å². The van der Waals surface area contributed by atoms with Crippen molar-refractivity contribution in [3.63, 3.8) is 0 Å². The third-order valence-corrected chi connectivity index (χ3v) is 4.89. The molecular formula is C19H12N6O2. The zero-order chi connectivity index (χ0) is 18.6. The molecule has 0 saturated heterocycles. The molecule has 1 atom stereocenters. The molecule has 0 saturated carbocycles. The molecule has 2 aliphatic heterocycles. The summed E-state index contributed by atoms with van der Waals surface area (Å²) in [5.74, 6) is -0.374. The van der Waals surface area contributed by atoms with Crippen molar-refractivity contribution in [1.29, 1.82) is 5.26 Å². The molecule has 2 aliphatic rings. The van der Waals surface area contributed by atoms with Gasteiger partial charge in [-0.2, -0.15) is 5.26 Å². The summed E-state index contributed by atoms with van der Waals surface area (Å²) in [5.41, 5.74) is 7.31. The van der Waals surface area contributed by atoms with Crippen molar-refractivity contribution in [3.05, 3.63) is 71.2 Å². The van der Waals surface area contributed by atoms with Gasteiger partial charge in [0.1, 0.15) is 17.1 Å². The van der Waals surface area contributed by atoms with E-state index in [0.717, 1.165) is 0 Å². The predicted octanol–water partition coefficient (Wildman–Crippen LogP) is 1.80. The Morgan fingerprint density at radius 1 is 1.19 bits per heavy atom. The van der Waals surface area contributed by atoms with E-state index in [4.69, 9.17) is 10.5 Å². The zero-order valence-corrected chi connectivity index (χ0v) is 13.9. The number of ether oxygens (including phenoxy) is 1. The molecule has 130 valence electrons. The maximum absolute atomic E-state index is 13.3. The standard InChI is InChI=1S/C19H12N6O2/c20-9-11-16(21)27-17-14(15(24-25-17)13-7-3-4-8-22-13)19(11)10-5-1-2-6-12(10)23-18(19)26/h1-8H,21H2,(H,23,26)(H,24,25).